The number of methoxy groups -OCH3 is 1. The van der Waals surface area contributed by atoms with Crippen LogP contribution in [-0.4, -0.2) is 66.7 Å². The highest BCUT2D eigenvalue weighted by Crippen LogP contribution is 1.97. The Morgan fingerprint density at radius 1 is 1.35 bits per heavy atom. The van der Waals surface area contributed by atoms with E-state index in [0.29, 0.717) is 0 Å². The maximum atomic E-state index is 11.7. The molecule has 0 aromatic heterocycles. The van der Waals surface area contributed by atoms with Crippen LogP contribution in [0.5, 0.6) is 0 Å². The number of amides is 2. The van der Waals surface area contributed by atoms with Gasteiger partial charge >= 0.3 is 18.0 Å². The van der Waals surface area contributed by atoms with Gasteiger partial charge in [-0.3, -0.25) is 9.59 Å². The summed E-state index contributed by atoms with van der Waals surface area (Å²) in [5.41, 5.74) is 0. The number of aliphatic carboxylic acids is 1. The van der Waals surface area contributed by atoms with Gasteiger partial charge in [-0.15, -0.1) is 6.42 Å². The molecular formula is C10H14N2O5. The molecule has 0 aromatic carbocycles. The van der Waals surface area contributed by atoms with Gasteiger partial charge in [-0.1, -0.05) is 5.92 Å². The average Bonchev–Trinajstić information content (AvgIpc) is 2.26. The number of carbonyl (C=O) groups excluding carboxylic acids is 2. The Balaban J connectivity index is 4.54. The molecule has 0 aromatic rings. The fourth-order valence-electron chi connectivity index (χ4n) is 1.03. The van der Waals surface area contributed by atoms with Crippen LogP contribution in [0.3, 0.4) is 0 Å². The zero-order chi connectivity index (χ0) is 13.4. The maximum absolute atomic E-state index is 11.7. The second-order valence-corrected chi connectivity index (χ2v) is 3.17. The number of carboxylic acids is 1. The van der Waals surface area contributed by atoms with Crippen molar-refractivity contribution < 1.29 is 24.2 Å². The number of nitrogens with zero attached hydrogens (tertiary/aromatic N) is 2. The van der Waals surface area contributed by atoms with Crippen LogP contribution in [0, 0.1) is 12.3 Å². The topological polar surface area (TPSA) is 87.2 Å². The smallest absolute Gasteiger partial charge is 0.325 e. The highest BCUT2D eigenvalue weighted by Gasteiger charge is 2.21. The molecule has 0 unspecified atom stereocenters. The number of rotatable bonds is 5. The molecule has 7 heteroatoms. The lowest BCUT2D eigenvalue weighted by molar-refractivity contribution is -0.141. The van der Waals surface area contributed by atoms with Crippen LogP contribution < -0.4 is 0 Å². The summed E-state index contributed by atoms with van der Waals surface area (Å²) in [5.74, 6) is 0.395. The minimum atomic E-state index is -1.18. The van der Waals surface area contributed by atoms with Gasteiger partial charge in [-0.25, -0.2) is 4.79 Å². The second kappa shape index (κ2) is 7.11. The third-order valence-corrected chi connectivity index (χ3v) is 1.80. The summed E-state index contributed by atoms with van der Waals surface area (Å²) in [6.07, 6.45) is 5.02. The predicted octanol–water partition coefficient (Wildman–Crippen LogP) is -0.769. The van der Waals surface area contributed by atoms with E-state index in [1.54, 1.807) is 0 Å². The summed E-state index contributed by atoms with van der Waals surface area (Å²) in [4.78, 5) is 35.1. The normalized spacial score (nSPS) is 9.00. The lowest BCUT2D eigenvalue weighted by atomic mass is 10.4. The number of likely N-dealkylation sites (N-methyl/N-ethyl adjacent to an activating group) is 1. The summed E-state index contributed by atoms with van der Waals surface area (Å²) in [5, 5.41) is 8.60. The number of ether oxygens (including phenoxy) is 1. The van der Waals surface area contributed by atoms with Crippen LogP contribution in [0.1, 0.15) is 0 Å². The minimum Gasteiger partial charge on any atom is -0.480 e. The van der Waals surface area contributed by atoms with Gasteiger partial charge in [0, 0.05) is 7.05 Å². The summed E-state index contributed by atoms with van der Waals surface area (Å²) in [6.45, 7) is -0.929. The van der Waals surface area contributed by atoms with E-state index in [-0.39, 0.29) is 13.1 Å². The zero-order valence-corrected chi connectivity index (χ0v) is 9.67. The van der Waals surface area contributed by atoms with Crippen LogP contribution in [-0.2, 0) is 14.3 Å². The van der Waals surface area contributed by atoms with Crippen molar-refractivity contribution in [3.63, 3.8) is 0 Å². The van der Waals surface area contributed by atoms with Gasteiger partial charge in [0.1, 0.15) is 13.1 Å². The van der Waals surface area contributed by atoms with Crippen LogP contribution in [0.2, 0.25) is 0 Å². The first kappa shape index (κ1) is 14.8. The quantitative estimate of drug-likeness (QED) is 0.505. The second-order valence-electron chi connectivity index (χ2n) is 3.17. The van der Waals surface area contributed by atoms with Gasteiger partial charge in [-0.2, -0.15) is 0 Å². The van der Waals surface area contributed by atoms with Crippen molar-refractivity contribution in [2.75, 3.05) is 33.8 Å². The number of carbonyl (C=O) groups is 3. The van der Waals surface area contributed by atoms with Gasteiger partial charge in [0.05, 0.1) is 13.7 Å². The Morgan fingerprint density at radius 3 is 2.35 bits per heavy atom. The van der Waals surface area contributed by atoms with Crippen molar-refractivity contribution in [1.29, 1.82) is 0 Å². The van der Waals surface area contributed by atoms with Crippen LogP contribution in [0.4, 0.5) is 4.79 Å². The van der Waals surface area contributed by atoms with Crippen molar-refractivity contribution in [2.45, 2.75) is 0 Å². The lowest BCUT2D eigenvalue weighted by Crippen LogP contribution is -2.45. The van der Waals surface area contributed by atoms with Crippen LogP contribution in [0.25, 0.3) is 0 Å². The molecule has 0 aliphatic carbocycles. The summed E-state index contributed by atoms with van der Waals surface area (Å²) in [7, 11) is 2.54. The molecule has 0 saturated heterocycles. The Morgan fingerprint density at radius 2 is 1.94 bits per heavy atom. The number of carboxylic acid groups (broad SMARTS) is 1. The molecule has 0 atom stereocenters. The summed E-state index contributed by atoms with van der Waals surface area (Å²) < 4.78 is 4.38. The third-order valence-electron chi connectivity index (χ3n) is 1.80. The largest absolute Gasteiger partial charge is 0.480 e. The monoisotopic (exact) mass is 242 g/mol. The van der Waals surface area contributed by atoms with Crippen molar-refractivity contribution in [2.24, 2.45) is 0 Å². The molecule has 0 heterocycles. The van der Waals surface area contributed by atoms with Crippen molar-refractivity contribution in [3.05, 3.63) is 0 Å². The molecule has 0 aliphatic rings. The van der Waals surface area contributed by atoms with Gasteiger partial charge in [0.15, 0.2) is 0 Å². The van der Waals surface area contributed by atoms with E-state index in [1.807, 2.05) is 0 Å². The fraction of sp³-hybridized carbons (Fsp3) is 0.500. The molecule has 0 radical (unpaired) electrons. The molecule has 2 amide bonds. The number of hydrogen-bond acceptors (Lipinski definition) is 4. The Kier molecular flexibility index (Phi) is 6.18. The van der Waals surface area contributed by atoms with Gasteiger partial charge < -0.3 is 19.6 Å². The molecule has 1 N–H and O–H groups in total. The molecular weight excluding hydrogens is 228 g/mol. The SMILES string of the molecule is C#CCN(CC(=O)O)C(=O)N(C)CC(=O)OC. The highest BCUT2D eigenvalue weighted by molar-refractivity contribution is 5.83. The maximum Gasteiger partial charge on any atom is 0.325 e. The fourth-order valence-corrected chi connectivity index (χ4v) is 1.03. The number of esters is 1. The molecule has 94 valence electrons. The Bertz CT molecular complexity index is 347. The molecule has 0 spiro atoms. The first-order valence-electron chi connectivity index (χ1n) is 4.64. The third kappa shape index (κ3) is 5.41. The van der Waals surface area contributed by atoms with E-state index in [4.69, 9.17) is 11.5 Å². The van der Waals surface area contributed by atoms with E-state index in [2.05, 4.69) is 10.7 Å². The van der Waals surface area contributed by atoms with E-state index >= 15 is 0 Å². The van der Waals surface area contributed by atoms with Gasteiger partial charge in [0.25, 0.3) is 0 Å². The van der Waals surface area contributed by atoms with Gasteiger partial charge in [0.2, 0.25) is 0 Å². The summed E-state index contributed by atoms with van der Waals surface area (Å²) in [6, 6.07) is -0.643. The Hall–Kier alpha value is -2.23. The van der Waals surface area contributed by atoms with E-state index < -0.39 is 24.5 Å². The Labute approximate surface area is 98.9 Å². The molecule has 17 heavy (non-hydrogen) atoms. The van der Waals surface area contributed by atoms with Crippen LogP contribution >= 0.6 is 0 Å². The first-order valence-corrected chi connectivity index (χ1v) is 4.64. The molecule has 0 bridgehead atoms. The number of terminal acetylenes is 1. The number of hydrogen-bond donors (Lipinski definition) is 1. The van der Waals surface area contributed by atoms with Crippen molar-refractivity contribution in [3.8, 4) is 12.3 Å². The van der Waals surface area contributed by atoms with E-state index in [9.17, 15) is 14.4 Å². The zero-order valence-electron chi connectivity index (χ0n) is 9.67. The molecule has 0 fully saturated rings. The highest BCUT2D eigenvalue weighted by atomic mass is 16.5. The van der Waals surface area contributed by atoms with E-state index in [0.717, 1.165) is 9.80 Å². The standard InChI is InChI=1S/C10H14N2O5/c1-4-5-12(6-8(13)14)10(16)11(2)7-9(15)17-3/h1H,5-7H2,2-3H3,(H,13,14). The predicted molar refractivity (Wildman–Crippen MR) is 58.1 cm³/mol. The van der Waals surface area contributed by atoms with Crippen LogP contribution in [0.15, 0.2) is 0 Å². The summed E-state index contributed by atoms with van der Waals surface area (Å²) >= 11 is 0. The lowest BCUT2D eigenvalue weighted by Gasteiger charge is -2.24. The van der Waals surface area contributed by atoms with Gasteiger partial charge in [-0.05, 0) is 0 Å². The molecule has 0 aliphatic heterocycles. The minimum absolute atomic E-state index is 0.142. The molecule has 7 nitrogen and oxygen atoms in total. The van der Waals surface area contributed by atoms with Crippen molar-refractivity contribution in [1.82, 2.24) is 9.80 Å². The molecule has 0 saturated carbocycles. The van der Waals surface area contributed by atoms with E-state index in [1.165, 1.54) is 14.2 Å². The first-order chi connectivity index (χ1) is 7.92. The molecule has 0 rings (SSSR count). The number of urea groups is 1. The average molecular weight is 242 g/mol. The van der Waals surface area contributed by atoms with Crippen molar-refractivity contribution >= 4 is 18.0 Å².